The summed E-state index contributed by atoms with van der Waals surface area (Å²) in [6.07, 6.45) is 4.81. The number of rotatable bonds is 2. The second-order valence-electron chi connectivity index (χ2n) is 5.35. The van der Waals surface area contributed by atoms with E-state index in [1.165, 1.54) is 0 Å². The van der Waals surface area contributed by atoms with E-state index >= 15 is 0 Å². The molecular weight excluding hydrogens is 226 g/mol. The van der Waals surface area contributed by atoms with Gasteiger partial charge in [-0.3, -0.25) is 0 Å². The summed E-state index contributed by atoms with van der Waals surface area (Å²) in [6, 6.07) is 0. The molecule has 1 N–H and O–H groups in total. The van der Waals surface area contributed by atoms with Gasteiger partial charge in [0.2, 0.25) is 10.0 Å². The van der Waals surface area contributed by atoms with Crippen LogP contribution in [0.15, 0.2) is 0 Å². The van der Waals surface area contributed by atoms with Gasteiger partial charge in [-0.1, -0.05) is 12.8 Å². The van der Waals surface area contributed by atoms with Gasteiger partial charge in [0, 0.05) is 13.1 Å². The molecule has 1 saturated heterocycles. The molecule has 0 spiro atoms. The quantitative estimate of drug-likeness (QED) is 0.795. The summed E-state index contributed by atoms with van der Waals surface area (Å²) in [4.78, 5) is 0. The Labute approximate surface area is 97.7 Å². The first-order valence-corrected chi connectivity index (χ1v) is 7.63. The lowest BCUT2D eigenvalue weighted by atomic mass is 9.95. The van der Waals surface area contributed by atoms with Crippen LogP contribution in [0.25, 0.3) is 0 Å². The molecular formula is C11H21NO3S. The maximum atomic E-state index is 12.2. The van der Waals surface area contributed by atoms with Crippen molar-refractivity contribution in [2.75, 3.05) is 13.1 Å². The summed E-state index contributed by atoms with van der Waals surface area (Å²) in [5, 5.41) is 9.64. The highest BCUT2D eigenvalue weighted by molar-refractivity contribution is 7.89. The standard InChI is InChI=1S/C11H21NO3S/c1-11(13)6-8-12(9-7-11)16(14,15)10-4-2-3-5-10/h10,13H,2-9H2,1H3. The Kier molecular flexibility index (Phi) is 3.29. The highest BCUT2D eigenvalue weighted by Crippen LogP contribution is 2.30. The van der Waals surface area contributed by atoms with Crippen LogP contribution < -0.4 is 0 Å². The molecule has 0 bridgehead atoms. The molecule has 0 unspecified atom stereocenters. The predicted molar refractivity (Wildman–Crippen MR) is 62.6 cm³/mol. The van der Waals surface area contributed by atoms with Gasteiger partial charge in [-0.15, -0.1) is 0 Å². The normalized spacial score (nSPS) is 28.4. The van der Waals surface area contributed by atoms with Crippen molar-refractivity contribution in [2.24, 2.45) is 0 Å². The molecule has 4 nitrogen and oxygen atoms in total. The highest BCUT2D eigenvalue weighted by Gasteiger charge is 2.38. The molecule has 94 valence electrons. The maximum Gasteiger partial charge on any atom is 0.216 e. The second-order valence-corrected chi connectivity index (χ2v) is 7.56. The lowest BCUT2D eigenvalue weighted by Crippen LogP contribution is -2.47. The van der Waals surface area contributed by atoms with Gasteiger partial charge in [-0.2, -0.15) is 0 Å². The zero-order valence-corrected chi connectivity index (χ0v) is 10.7. The summed E-state index contributed by atoms with van der Waals surface area (Å²) in [5.41, 5.74) is -0.679. The van der Waals surface area contributed by atoms with Gasteiger partial charge in [0.1, 0.15) is 0 Å². The molecule has 0 aromatic heterocycles. The molecule has 1 heterocycles. The van der Waals surface area contributed by atoms with Gasteiger partial charge in [0.15, 0.2) is 0 Å². The van der Waals surface area contributed by atoms with Gasteiger partial charge in [-0.05, 0) is 32.6 Å². The van der Waals surface area contributed by atoms with E-state index in [1.807, 2.05) is 0 Å². The molecule has 1 aliphatic heterocycles. The summed E-state index contributed by atoms with van der Waals surface area (Å²) >= 11 is 0. The van der Waals surface area contributed by atoms with Gasteiger partial charge in [-0.25, -0.2) is 12.7 Å². The van der Waals surface area contributed by atoms with E-state index in [9.17, 15) is 13.5 Å². The van der Waals surface area contributed by atoms with Crippen molar-refractivity contribution in [1.29, 1.82) is 0 Å². The minimum atomic E-state index is -3.09. The molecule has 0 amide bonds. The third kappa shape index (κ3) is 2.41. The molecule has 0 atom stereocenters. The smallest absolute Gasteiger partial charge is 0.216 e. The van der Waals surface area contributed by atoms with Gasteiger partial charge in [0.05, 0.1) is 10.9 Å². The fourth-order valence-corrected chi connectivity index (χ4v) is 4.66. The van der Waals surface area contributed by atoms with E-state index in [0.29, 0.717) is 25.9 Å². The summed E-state index contributed by atoms with van der Waals surface area (Å²) < 4.78 is 26.1. The Morgan fingerprint density at radius 3 is 2.19 bits per heavy atom. The van der Waals surface area contributed by atoms with E-state index < -0.39 is 15.6 Å². The van der Waals surface area contributed by atoms with Crippen molar-refractivity contribution in [1.82, 2.24) is 4.31 Å². The van der Waals surface area contributed by atoms with Crippen molar-refractivity contribution >= 4 is 10.0 Å². The predicted octanol–water partition coefficient (Wildman–Crippen LogP) is 1.11. The minimum Gasteiger partial charge on any atom is -0.390 e. The average molecular weight is 247 g/mol. The van der Waals surface area contributed by atoms with E-state index in [2.05, 4.69) is 0 Å². The summed E-state index contributed by atoms with van der Waals surface area (Å²) in [7, 11) is -3.09. The number of aliphatic hydroxyl groups is 1. The topological polar surface area (TPSA) is 57.6 Å². The number of hydrogen-bond donors (Lipinski definition) is 1. The SMILES string of the molecule is CC1(O)CCN(S(=O)(=O)C2CCCC2)CC1. The number of piperidine rings is 1. The van der Waals surface area contributed by atoms with Crippen LogP contribution in [0.1, 0.15) is 45.4 Å². The fraction of sp³-hybridized carbons (Fsp3) is 1.00. The Bertz CT molecular complexity index is 334. The molecule has 1 saturated carbocycles. The largest absolute Gasteiger partial charge is 0.390 e. The van der Waals surface area contributed by atoms with Crippen molar-refractivity contribution in [3.8, 4) is 0 Å². The van der Waals surface area contributed by atoms with Crippen LogP contribution in [0.2, 0.25) is 0 Å². The Balaban J connectivity index is 2.02. The Morgan fingerprint density at radius 2 is 1.69 bits per heavy atom. The van der Waals surface area contributed by atoms with Crippen LogP contribution in [-0.4, -0.2) is 41.8 Å². The zero-order valence-electron chi connectivity index (χ0n) is 9.85. The fourth-order valence-electron chi connectivity index (χ4n) is 2.62. The van der Waals surface area contributed by atoms with Crippen LogP contribution in [0.5, 0.6) is 0 Å². The van der Waals surface area contributed by atoms with E-state index in [0.717, 1.165) is 25.7 Å². The van der Waals surface area contributed by atoms with E-state index in [-0.39, 0.29) is 5.25 Å². The number of nitrogens with zero attached hydrogens (tertiary/aromatic N) is 1. The van der Waals surface area contributed by atoms with Gasteiger partial charge in [0.25, 0.3) is 0 Å². The highest BCUT2D eigenvalue weighted by atomic mass is 32.2. The van der Waals surface area contributed by atoms with Crippen molar-refractivity contribution in [3.63, 3.8) is 0 Å². The van der Waals surface area contributed by atoms with Crippen LogP contribution >= 0.6 is 0 Å². The van der Waals surface area contributed by atoms with Crippen molar-refractivity contribution in [3.05, 3.63) is 0 Å². The third-order valence-electron chi connectivity index (χ3n) is 3.88. The first-order chi connectivity index (χ1) is 7.42. The molecule has 2 rings (SSSR count). The van der Waals surface area contributed by atoms with Crippen LogP contribution in [-0.2, 0) is 10.0 Å². The number of hydrogen-bond acceptors (Lipinski definition) is 3. The third-order valence-corrected chi connectivity index (χ3v) is 6.28. The van der Waals surface area contributed by atoms with E-state index in [4.69, 9.17) is 0 Å². The monoisotopic (exact) mass is 247 g/mol. The maximum absolute atomic E-state index is 12.2. The molecule has 1 aliphatic carbocycles. The van der Waals surface area contributed by atoms with Crippen molar-refractivity contribution in [2.45, 2.75) is 56.3 Å². The van der Waals surface area contributed by atoms with E-state index in [1.54, 1.807) is 11.2 Å². The van der Waals surface area contributed by atoms with Crippen molar-refractivity contribution < 1.29 is 13.5 Å². The molecule has 5 heteroatoms. The summed E-state index contributed by atoms with van der Waals surface area (Å²) in [6.45, 7) is 2.74. The molecule has 0 aromatic carbocycles. The van der Waals surface area contributed by atoms with Crippen LogP contribution in [0.3, 0.4) is 0 Å². The Hall–Kier alpha value is -0.130. The van der Waals surface area contributed by atoms with Gasteiger partial charge >= 0.3 is 0 Å². The molecule has 2 fully saturated rings. The Morgan fingerprint density at radius 1 is 1.19 bits per heavy atom. The molecule has 0 radical (unpaired) electrons. The lowest BCUT2D eigenvalue weighted by molar-refractivity contribution is 0.0124. The minimum absolute atomic E-state index is 0.157. The molecule has 16 heavy (non-hydrogen) atoms. The molecule has 2 aliphatic rings. The zero-order chi connectivity index (χ0) is 11.8. The second kappa shape index (κ2) is 4.27. The number of sulfonamides is 1. The van der Waals surface area contributed by atoms with Crippen LogP contribution in [0.4, 0.5) is 0 Å². The first-order valence-electron chi connectivity index (χ1n) is 6.13. The summed E-state index contributed by atoms with van der Waals surface area (Å²) in [5.74, 6) is 0. The molecule has 0 aromatic rings. The van der Waals surface area contributed by atoms with Gasteiger partial charge < -0.3 is 5.11 Å². The lowest BCUT2D eigenvalue weighted by Gasteiger charge is -2.36. The van der Waals surface area contributed by atoms with Crippen LogP contribution in [0, 0.1) is 0 Å². The first kappa shape index (κ1) is 12.3. The average Bonchev–Trinajstić information content (AvgIpc) is 2.70.